The maximum absolute atomic E-state index is 12.5. The Bertz CT molecular complexity index is 576. The molecular formula is C16H23N3O5. The molecule has 1 aliphatic rings. The van der Waals surface area contributed by atoms with Crippen LogP contribution in [0.15, 0.2) is 24.3 Å². The number of non-ortho nitro benzene ring substituents is 1. The number of benzene rings is 1. The van der Waals surface area contributed by atoms with Crippen molar-refractivity contribution in [2.45, 2.75) is 45.1 Å². The third-order valence-electron chi connectivity index (χ3n) is 3.83. The van der Waals surface area contributed by atoms with Gasteiger partial charge in [0, 0.05) is 17.8 Å². The lowest BCUT2D eigenvalue weighted by molar-refractivity contribution is -0.384. The number of nitro benzene ring substituents is 1. The van der Waals surface area contributed by atoms with E-state index in [9.17, 15) is 20.0 Å². The van der Waals surface area contributed by atoms with Crippen LogP contribution in [0, 0.1) is 16.0 Å². The van der Waals surface area contributed by atoms with E-state index in [-0.39, 0.29) is 17.5 Å². The van der Waals surface area contributed by atoms with Crippen LogP contribution in [0.25, 0.3) is 0 Å². The molecule has 8 nitrogen and oxygen atoms in total. The van der Waals surface area contributed by atoms with Crippen LogP contribution in [-0.4, -0.2) is 40.9 Å². The smallest absolute Gasteiger partial charge is 0.269 e. The Morgan fingerprint density at radius 3 is 2.58 bits per heavy atom. The number of nitrogens with zero attached hydrogens (tertiary/aromatic N) is 1. The number of carbonyl (C=O) groups is 1. The topological polar surface area (TPSA) is 114 Å². The highest BCUT2D eigenvalue weighted by Crippen LogP contribution is 2.19. The number of nitro groups is 1. The van der Waals surface area contributed by atoms with E-state index in [0.29, 0.717) is 25.1 Å². The number of anilines is 1. The lowest BCUT2D eigenvalue weighted by Gasteiger charge is -2.24. The van der Waals surface area contributed by atoms with Crippen molar-refractivity contribution in [3.8, 4) is 0 Å². The molecule has 0 bridgehead atoms. The number of rotatable bonds is 7. The molecule has 1 aliphatic heterocycles. The van der Waals surface area contributed by atoms with Gasteiger partial charge in [0.15, 0.2) is 6.29 Å². The van der Waals surface area contributed by atoms with Gasteiger partial charge >= 0.3 is 0 Å². The fourth-order valence-electron chi connectivity index (χ4n) is 2.58. The van der Waals surface area contributed by atoms with E-state index in [4.69, 9.17) is 4.74 Å². The zero-order chi connectivity index (χ0) is 17.7. The van der Waals surface area contributed by atoms with Crippen LogP contribution in [0.5, 0.6) is 0 Å². The van der Waals surface area contributed by atoms with E-state index in [2.05, 4.69) is 10.6 Å². The first-order chi connectivity index (χ1) is 11.4. The summed E-state index contributed by atoms with van der Waals surface area (Å²) in [6.45, 7) is 4.42. The SMILES string of the molecule is CC(C)C[C@H](Nc1ccc([N+](=O)[O-])cc1)C(=O)N[C@H]1CCOC1O. The number of ether oxygens (including phenoxy) is 1. The van der Waals surface area contributed by atoms with E-state index in [1.165, 1.54) is 12.1 Å². The van der Waals surface area contributed by atoms with Crippen molar-refractivity contribution in [1.29, 1.82) is 0 Å². The summed E-state index contributed by atoms with van der Waals surface area (Å²) in [5.41, 5.74) is 0.626. The Balaban J connectivity index is 2.03. The third kappa shape index (κ3) is 4.90. The fraction of sp³-hybridized carbons (Fsp3) is 0.562. The molecule has 0 aromatic heterocycles. The summed E-state index contributed by atoms with van der Waals surface area (Å²) in [5.74, 6) is 0.0488. The Hall–Kier alpha value is -2.19. The van der Waals surface area contributed by atoms with Crippen molar-refractivity contribution in [2.75, 3.05) is 11.9 Å². The predicted molar refractivity (Wildman–Crippen MR) is 88.5 cm³/mol. The second-order valence-corrected chi connectivity index (χ2v) is 6.30. The zero-order valence-electron chi connectivity index (χ0n) is 13.8. The van der Waals surface area contributed by atoms with Gasteiger partial charge in [0.2, 0.25) is 5.91 Å². The van der Waals surface area contributed by atoms with E-state index in [1.54, 1.807) is 12.1 Å². The lowest BCUT2D eigenvalue weighted by Crippen LogP contribution is -2.48. The first kappa shape index (κ1) is 18.2. The van der Waals surface area contributed by atoms with Crippen LogP contribution in [0.2, 0.25) is 0 Å². The van der Waals surface area contributed by atoms with E-state index < -0.39 is 23.3 Å². The second-order valence-electron chi connectivity index (χ2n) is 6.30. The molecule has 24 heavy (non-hydrogen) atoms. The Morgan fingerprint density at radius 1 is 1.42 bits per heavy atom. The molecule has 1 aromatic carbocycles. The highest BCUT2D eigenvalue weighted by molar-refractivity contribution is 5.85. The first-order valence-electron chi connectivity index (χ1n) is 7.98. The minimum absolute atomic E-state index is 0.00311. The molecule has 2 rings (SSSR count). The van der Waals surface area contributed by atoms with Gasteiger partial charge in [-0.3, -0.25) is 14.9 Å². The molecular weight excluding hydrogens is 314 g/mol. The number of amides is 1. The van der Waals surface area contributed by atoms with Gasteiger partial charge in [-0.15, -0.1) is 0 Å². The van der Waals surface area contributed by atoms with E-state index in [0.717, 1.165) is 0 Å². The standard InChI is InChI=1S/C16H23N3O5/c1-10(2)9-14(15(20)18-13-7-8-24-16(13)21)17-11-3-5-12(6-4-11)19(22)23/h3-6,10,13-14,16-17,21H,7-9H2,1-2H3,(H,18,20)/t13-,14-,16?/m0/s1. The van der Waals surface area contributed by atoms with Gasteiger partial charge in [-0.05, 0) is 30.9 Å². The van der Waals surface area contributed by atoms with Crippen LogP contribution in [0.3, 0.4) is 0 Å². The van der Waals surface area contributed by atoms with Crippen molar-refractivity contribution in [1.82, 2.24) is 5.32 Å². The van der Waals surface area contributed by atoms with E-state index >= 15 is 0 Å². The fourth-order valence-corrected chi connectivity index (χ4v) is 2.58. The van der Waals surface area contributed by atoms with Crippen LogP contribution >= 0.6 is 0 Å². The van der Waals surface area contributed by atoms with Crippen LogP contribution in [0.1, 0.15) is 26.7 Å². The van der Waals surface area contributed by atoms with Gasteiger partial charge < -0.3 is 20.5 Å². The first-order valence-corrected chi connectivity index (χ1v) is 7.98. The van der Waals surface area contributed by atoms with Gasteiger partial charge in [-0.2, -0.15) is 0 Å². The van der Waals surface area contributed by atoms with Gasteiger partial charge in [0.25, 0.3) is 5.69 Å². The largest absolute Gasteiger partial charge is 0.374 e. The van der Waals surface area contributed by atoms with Gasteiger partial charge in [0.05, 0.1) is 17.6 Å². The molecule has 0 radical (unpaired) electrons. The van der Waals surface area contributed by atoms with Crippen molar-refractivity contribution < 1.29 is 19.6 Å². The highest BCUT2D eigenvalue weighted by atomic mass is 16.6. The molecule has 1 unspecified atom stereocenters. The molecule has 3 N–H and O–H groups in total. The van der Waals surface area contributed by atoms with Crippen LogP contribution in [0.4, 0.5) is 11.4 Å². The Labute approximate surface area is 140 Å². The summed E-state index contributed by atoms with van der Waals surface area (Å²) < 4.78 is 5.04. The van der Waals surface area contributed by atoms with Crippen molar-refractivity contribution in [3.63, 3.8) is 0 Å². The minimum atomic E-state index is -0.979. The molecule has 1 aromatic rings. The lowest BCUT2D eigenvalue weighted by atomic mass is 10.0. The van der Waals surface area contributed by atoms with Crippen LogP contribution in [-0.2, 0) is 9.53 Å². The number of carbonyl (C=O) groups excluding carboxylic acids is 1. The van der Waals surface area contributed by atoms with E-state index in [1.807, 2.05) is 13.8 Å². The molecule has 132 valence electrons. The quantitative estimate of drug-likeness (QED) is 0.515. The summed E-state index contributed by atoms with van der Waals surface area (Å²) >= 11 is 0. The number of aliphatic hydroxyl groups excluding tert-OH is 1. The average molecular weight is 337 g/mol. The van der Waals surface area contributed by atoms with Gasteiger partial charge in [0.1, 0.15) is 6.04 Å². The summed E-state index contributed by atoms with van der Waals surface area (Å²) in [6, 6.07) is 5.02. The maximum Gasteiger partial charge on any atom is 0.269 e. The number of hydrogen-bond acceptors (Lipinski definition) is 6. The Kier molecular flexibility index (Phi) is 6.10. The van der Waals surface area contributed by atoms with Crippen molar-refractivity contribution in [2.24, 2.45) is 5.92 Å². The zero-order valence-corrected chi connectivity index (χ0v) is 13.8. The maximum atomic E-state index is 12.5. The van der Waals surface area contributed by atoms with Crippen molar-refractivity contribution in [3.05, 3.63) is 34.4 Å². The molecule has 1 fully saturated rings. The summed E-state index contributed by atoms with van der Waals surface area (Å²) in [5, 5.41) is 26.3. The molecule has 1 heterocycles. The van der Waals surface area contributed by atoms with Crippen molar-refractivity contribution >= 4 is 17.3 Å². The van der Waals surface area contributed by atoms with Gasteiger partial charge in [-0.1, -0.05) is 13.8 Å². The molecule has 0 aliphatic carbocycles. The monoisotopic (exact) mass is 337 g/mol. The molecule has 1 amide bonds. The van der Waals surface area contributed by atoms with Gasteiger partial charge in [-0.25, -0.2) is 0 Å². The normalized spacial score (nSPS) is 21.5. The second kappa shape index (κ2) is 8.07. The number of aliphatic hydroxyl groups is 1. The minimum Gasteiger partial charge on any atom is -0.374 e. The summed E-state index contributed by atoms with van der Waals surface area (Å²) in [6.07, 6.45) is 0.179. The number of hydrogen-bond donors (Lipinski definition) is 3. The average Bonchev–Trinajstić information content (AvgIpc) is 2.92. The molecule has 0 spiro atoms. The third-order valence-corrected chi connectivity index (χ3v) is 3.83. The van der Waals surface area contributed by atoms with Crippen LogP contribution < -0.4 is 10.6 Å². The predicted octanol–water partition coefficient (Wildman–Crippen LogP) is 1.64. The molecule has 0 saturated carbocycles. The molecule has 8 heteroatoms. The summed E-state index contributed by atoms with van der Waals surface area (Å²) in [7, 11) is 0. The summed E-state index contributed by atoms with van der Waals surface area (Å²) in [4.78, 5) is 22.7. The highest BCUT2D eigenvalue weighted by Gasteiger charge is 2.30. The molecule has 3 atom stereocenters. The number of nitrogens with one attached hydrogen (secondary N) is 2. The Morgan fingerprint density at radius 2 is 2.08 bits per heavy atom. The molecule has 1 saturated heterocycles.